The van der Waals surface area contributed by atoms with Gasteiger partial charge in [0.05, 0.1) is 33.1 Å². The Bertz CT molecular complexity index is 1530. The summed E-state index contributed by atoms with van der Waals surface area (Å²) < 4.78 is 16.0. The molecule has 0 radical (unpaired) electrons. The Morgan fingerprint density at radius 3 is 2.76 bits per heavy atom. The van der Waals surface area contributed by atoms with E-state index in [0.29, 0.717) is 10.8 Å². The second-order valence-corrected chi connectivity index (χ2v) is 13.9. The highest BCUT2D eigenvalue weighted by molar-refractivity contribution is 7.99. The summed E-state index contributed by atoms with van der Waals surface area (Å²) in [5, 5.41) is 11.8. The maximum atomic E-state index is 12.3. The van der Waals surface area contributed by atoms with Crippen LogP contribution in [0.25, 0.3) is 5.52 Å². The quantitative estimate of drug-likeness (QED) is 0.356. The van der Waals surface area contributed by atoms with E-state index in [1.807, 2.05) is 42.9 Å². The fourth-order valence-corrected chi connectivity index (χ4v) is 7.35. The maximum absolute atomic E-state index is 12.3. The highest BCUT2D eigenvalue weighted by Crippen LogP contribution is 2.54. The molecule has 2 atom stereocenters. The van der Waals surface area contributed by atoms with Crippen molar-refractivity contribution in [2.75, 3.05) is 23.7 Å². The first-order chi connectivity index (χ1) is 18.2. The number of rotatable bonds is 6. The molecule has 0 aromatic carbocycles. The number of pyridine rings is 1. The van der Waals surface area contributed by atoms with E-state index in [-0.39, 0.29) is 11.3 Å². The van der Waals surface area contributed by atoms with Gasteiger partial charge in [0.2, 0.25) is 0 Å². The van der Waals surface area contributed by atoms with Crippen LogP contribution < -0.4 is 15.8 Å². The van der Waals surface area contributed by atoms with E-state index in [2.05, 4.69) is 30.7 Å². The minimum Gasteiger partial charge on any atom is -0.382 e. The minimum absolute atomic E-state index is 0.0566. The molecule has 0 amide bonds. The monoisotopic (exact) mass is 571 g/mol. The van der Waals surface area contributed by atoms with E-state index in [1.54, 1.807) is 12.5 Å². The molecule has 2 aliphatic heterocycles. The molecule has 4 aromatic heterocycles. The van der Waals surface area contributed by atoms with Gasteiger partial charge in [0.1, 0.15) is 22.7 Å². The average Bonchev–Trinajstić information content (AvgIpc) is 3.61. The summed E-state index contributed by atoms with van der Waals surface area (Å²) in [5.74, 6) is 1.48. The SMILES string of the molecule is CC(C)(C[C@@H]1c2ccnn2CC12CCN(c1ncc(Sc3ccnc(N)c3Cl)n3cncc13)CC2)S(N)=O. The molecule has 6 heterocycles. The van der Waals surface area contributed by atoms with E-state index in [4.69, 9.17) is 27.5 Å². The van der Waals surface area contributed by atoms with Gasteiger partial charge in [0.25, 0.3) is 0 Å². The molecule has 4 aromatic rings. The number of hydrogen-bond acceptors (Lipinski definition) is 8. The zero-order valence-electron chi connectivity index (χ0n) is 21.2. The van der Waals surface area contributed by atoms with E-state index >= 15 is 0 Å². The van der Waals surface area contributed by atoms with Crippen LogP contribution in [0.5, 0.6) is 0 Å². The van der Waals surface area contributed by atoms with Crippen molar-refractivity contribution in [3.63, 3.8) is 0 Å². The van der Waals surface area contributed by atoms with Crippen molar-refractivity contribution < 1.29 is 4.21 Å². The van der Waals surface area contributed by atoms with Gasteiger partial charge in [0.15, 0.2) is 5.82 Å². The molecule has 4 N–H and O–H groups in total. The highest BCUT2D eigenvalue weighted by atomic mass is 35.5. The van der Waals surface area contributed by atoms with Crippen molar-refractivity contribution in [3.8, 4) is 0 Å². The lowest BCUT2D eigenvalue weighted by Gasteiger charge is -2.44. The molecule has 2 aliphatic rings. The van der Waals surface area contributed by atoms with Gasteiger partial charge >= 0.3 is 0 Å². The predicted molar refractivity (Wildman–Crippen MR) is 151 cm³/mol. The first-order valence-electron chi connectivity index (χ1n) is 12.5. The van der Waals surface area contributed by atoms with Crippen LogP contribution >= 0.6 is 23.4 Å². The summed E-state index contributed by atoms with van der Waals surface area (Å²) in [4.78, 5) is 16.5. The molecule has 0 aliphatic carbocycles. The smallest absolute Gasteiger partial charge is 0.154 e. The lowest BCUT2D eigenvalue weighted by molar-refractivity contribution is 0.156. The van der Waals surface area contributed by atoms with Crippen LogP contribution in [-0.2, 0) is 17.5 Å². The minimum atomic E-state index is -1.41. The largest absolute Gasteiger partial charge is 0.382 e. The van der Waals surface area contributed by atoms with Gasteiger partial charge in [-0.05, 0) is 45.2 Å². The molecule has 38 heavy (non-hydrogen) atoms. The molecule has 1 spiro atoms. The second kappa shape index (κ2) is 9.51. The molecule has 10 nitrogen and oxygen atoms in total. The Labute approximate surface area is 232 Å². The number of nitrogens with two attached hydrogens (primary N) is 2. The Hall–Kier alpha value is -2.67. The van der Waals surface area contributed by atoms with Crippen molar-refractivity contribution in [3.05, 3.63) is 54.0 Å². The lowest BCUT2D eigenvalue weighted by Crippen LogP contribution is -2.45. The van der Waals surface area contributed by atoms with Crippen LogP contribution in [-0.4, -0.2) is 51.2 Å². The van der Waals surface area contributed by atoms with Crippen LogP contribution in [0, 0.1) is 5.41 Å². The number of nitrogens with zero attached hydrogens (tertiary/aromatic N) is 7. The van der Waals surface area contributed by atoms with Gasteiger partial charge in [-0.2, -0.15) is 5.10 Å². The summed E-state index contributed by atoms with van der Waals surface area (Å²) >= 11 is 7.86. The summed E-state index contributed by atoms with van der Waals surface area (Å²) in [7, 11) is -1.41. The summed E-state index contributed by atoms with van der Waals surface area (Å²) in [5.41, 5.74) is 8.12. The van der Waals surface area contributed by atoms with Crippen molar-refractivity contribution in [2.45, 2.75) is 60.2 Å². The summed E-state index contributed by atoms with van der Waals surface area (Å²) in [6.07, 6.45) is 11.8. The standard InChI is InChI=1S/C25H30ClN9OS2/c1-24(2,38(28)36)11-16-17-3-8-32-35(17)14-25(16)5-9-33(10-6-25)23-18-12-29-15-34(18)20(13-31-23)37-19-4-7-30-22(27)21(19)26/h3-4,7-8,12-13,15-16H,5-6,9-11,14,28H2,1-2H3,(H2,27,30)/t16-,38?/m1/s1. The number of fused-ring (bicyclic) bond motifs is 2. The number of aromatic nitrogens is 6. The zero-order chi connectivity index (χ0) is 26.7. The first kappa shape index (κ1) is 25.6. The molecule has 1 fully saturated rings. The third-order valence-electron chi connectivity index (χ3n) is 8.11. The van der Waals surface area contributed by atoms with Crippen molar-refractivity contribution in [1.29, 1.82) is 0 Å². The predicted octanol–water partition coefficient (Wildman–Crippen LogP) is 3.88. The van der Waals surface area contributed by atoms with Gasteiger partial charge < -0.3 is 10.6 Å². The molecule has 1 unspecified atom stereocenters. The topological polar surface area (TPSA) is 133 Å². The maximum Gasteiger partial charge on any atom is 0.154 e. The summed E-state index contributed by atoms with van der Waals surface area (Å²) in [6.45, 7) is 6.60. The molecule has 1 saturated heterocycles. The third kappa shape index (κ3) is 4.27. The van der Waals surface area contributed by atoms with E-state index < -0.39 is 15.7 Å². The Balaban J connectivity index is 1.25. The fraction of sp³-hybridized carbons (Fsp3) is 0.440. The Kier molecular flexibility index (Phi) is 6.41. The van der Waals surface area contributed by atoms with Crippen molar-refractivity contribution in [2.24, 2.45) is 10.6 Å². The third-order valence-corrected chi connectivity index (χ3v) is 10.9. The Morgan fingerprint density at radius 2 is 2.00 bits per heavy atom. The first-order valence-corrected chi connectivity index (χ1v) is 14.9. The molecular formula is C25H30ClN9OS2. The van der Waals surface area contributed by atoms with Crippen molar-refractivity contribution >= 4 is 51.5 Å². The number of nitrogen functional groups attached to an aromatic ring is 1. The van der Waals surface area contributed by atoms with Gasteiger partial charge in [-0.25, -0.2) is 19.2 Å². The highest BCUT2D eigenvalue weighted by Gasteiger charge is 2.50. The van der Waals surface area contributed by atoms with Crippen LogP contribution in [0.1, 0.15) is 44.7 Å². The average molecular weight is 572 g/mol. The molecule has 6 rings (SSSR count). The number of halogens is 1. The van der Waals surface area contributed by atoms with Crippen LogP contribution in [0.4, 0.5) is 11.6 Å². The molecule has 200 valence electrons. The molecule has 13 heteroatoms. The zero-order valence-corrected chi connectivity index (χ0v) is 23.6. The number of imidazole rings is 1. The van der Waals surface area contributed by atoms with Gasteiger partial charge in [0, 0.05) is 54.0 Å². The van der Waals surface area contributed by atoms with E-state index in [9.17, 15) is 4.21 Å². The number of hydrogen-bond donors (Lipinski definition) is 2. The second-order valence-electron chi connectivity index (χ2n) is 10.8. The summed E-state index contributed by atoms with van der Waals surface area (Å²) in [6, 6.07) is 3.95. The van der Waals surface area contributed by atoms with Crippen LogP contribution in [0.15, 0.2) is 53.2 Å². The van der Waals surface area contributed by atoms with E-state index in [1.165, 1.54) is 17.5 Å². The molecule has 0 bridgehead atoms. The number of anilines is 2. The normalized spacial score (nSPS) is 19.8. The van der Waals surface area contributed by atoms with Gasteiger partial charge in [-0.15, -0.1) is 0 Å². The van der Waals surface area contributed by atoms with E-state index in [0.717, 1.165) is 60.2 Å². The number of piperidine rings is 1. The lowest BCUT2D eigenvalue weighted by atomic mass is 9.67. The molecular weight excluding hydrogens is 542 g/mol. The van der Waals surface area contributed by atoms with Crippen molar-refractivity contribution in [1.82, 2.24) is 29.1 Å². The van der Waals surface area contributed by atoms with Crippen LogP contribution in [0.2, 0.25) is 5.02 Å². The van der Waals surface area contributed by atoms with Gasteiger partial charge in [-0.3, -0.25) is 14.2 Å². The Morgan fingerprint density at radius 1 is 1.21 bits per heavy atom. The van der Waals surface area contributed by atoms with Gasteiger partial charge in [-0.1, -0.05) is 23.4 Å². The fourth-order valence-electron chi connectivity index (χ4n) is 5.89. The molecule has 0 saturated carbocycles. The van der Waals surface area contributed by atoms with Crippen LogP contribution in [0.3, 0.4) is 0 Å².